The number of nitrogens with zero attached hydrogens (tertiary/aromatic N) is 1. The summed E-state index contributed by atoms with van der Waals surface area (Å²) in [6.07, 6.45) is 0.607. The molecule has 0 amide bonds. The lowest BCUT2D eigenvalue weighted by molar-refractivity contribution is 0.0598. The summed E-state index contributed by atoms with van der Waals surface area (Å²) in [4.78, 5) is 13.8. The van der Waals surface area contributed by atoms with Crippen LogP contribution in [0.5, 0.6) is 0 Å². The second kappa shape index (κ2) is 7.21. The summed E-state index contributed by atoms with van der Waals surface area (Å²) in [7, 11) is -1.89. The topological polar surface area (TPSA) is 75.7 Å². The fourth-order valence-corrected chi connectivity index (χ4v) is 4.18. The number of methoxy groups -OCH3 is 1. The molecule has 1 aromatic rings. The number of ether oxygens (including phenoxy) is 1. The Balaban J connectivity index is 2.06. The number of nitrogens with one attached hydrogen (secondary N) is 1. The van der Waals surface area contributed by atoms with Gasteiger partial charge in [0, 0.05) is 19.6 Å². The zero-order chi connectivity index (χ0) is 16.2. The number of hydrogen-bond acceptors (Lipinski definition) is 5. The highest BCUT2D eigenvalue weighted by Crippen LogP contribution is 2.20. The van der Waals surface area contributed by atoms with Crippen LogP contribution in [0, 0.1) is 0 Å². The second-order valence-electron chi connectivity index (χ2n) is 5.34. The molecule has 0 aliphatic carbocycles. The molecule has 1 aromatic carbocycles. The monoisotopic (exact) mass is 326 g/mol. The lowest BCUT2D eigenvalue weighted by Gasteiger charge is -2.18. The lowest BCUT2D eigenvalue weighted by Crippen LogP contribution is -2.36. The highest BCUT2D eigenvalue weighted by atomic mass is 32.2. The number of carbonyl (C=O) groups excluding carboxylic acids is 1. The quantitative estimate of drug-likeness (QED) is 0.789. The summed E-state index contributed by atoms with van der Waals surface area (Å²) in [5.74, 6) is -0.369. The zero-order valence-corrected chi connectivity index (χ0v) is 13.7. The van der Waals surface area contributed by atoms with Crippen molar-refractivity contribution >= 4 is 16.0 Å². The van der Waals surface area contributed by atoms with E-state index >= 15 is 0 Å². The molecule has 1 aliphatic rings. The van der Waals surface area contributed by atoms with Gasteiger partial charge in [0.2, 0.25) is 10.0 Å². The highest BCUT2D eigenvalue weighted by Gasteiger charge is 2.32. The molecule has 1 saturated heterocycles. The molecule has 0 aromatic heterocycles. The Morgan fingerprint density at radius 3 is 2.82 bits per heavy atom. The van der Waals surface area contributed by atoms with Crippen molar-refractivity contribution in [3.8, 4) is 0 Å². The largest absolute Gasteiger partial charge is 0.465 e. The van der Waals surface area contributed by atoms with Crippen LogP contribution in [0.25, 0.3) is 0 Å². The maximum absolute atomic E-state index is 12.0. The lowest BCUT2D eigenvalue weighted by atomic mass is 10.1. The minimum Gasteiger partial charge on any atom is -0.465 e. The standard InChI is InChI=1S/C15H22N2O4S/c1-3-16-22(19,20)13-8-9-17(11-13)10-12-6-4-5-7-14(12)15(18)21-2/h4-7,13,16H,3,8-11H2,1-2H3/t13-/m1/s1. The Morgan fingerprint density at radius 1 is 1.41 bits per heavy atom. The third-order valence-electron chi connectivity index (χ3n) is 3.83. The first kappa shape index (κ1) is 16.9. The molecule has 2 rings (SSSR count). The van der Waals surface area contributed by atoms with Crippen molar-refractivity contribution in [2.75, 3.05) is 26.7 Å². The maximum Gasteiger partial charge on any atom is 0.338 e. The molecule has 7 heteroatoms. The predicted octanol–water partition coefficient (Wildman–Crippen LogP) is 0.987. The van der Waals surface area contributed by atoms with Crippen molar-refractivity contribution in [2.45, 2.75) is 25.1 Å². The molecule has 0 spiro atoms. The van der Waals surface area contributed by atoms with Crippen LogP contribution in [0.1, 0.15) is 29.3 Å². The van der Waals surface area contributed by atoms with E-state index in [4.69, 9.17) is 4.74 Å². The van der Waals surface area contributed by atoms with E-state index in [-0.39, 0.29) is 5.97 Å². The predicted molar refractivity (Wildman–Crippen MR) is 84.1 cm³/mol. The summed E-state index contributed by atoms with van der Waals surface area (Å²) in [6.45, 7) is 3.90. The molecular formula is C15H22N2O4S. The van der Waals surface area contributed by atoms with E-state index in [9.17, 15) is 13.2 Å². The smallest absolute Gasteiger partial charge is 0.338 e. The van der Waals surface area contributed by atoms with Gasteiger partial charge in [-0.1, -0.05) is 25.1 Å². The van der Waals surface area contributed by atoms with Crippen LogP contribution in [-0.2, 0) is 21.3 Å². The fraction of sp³-hybridized carbons (Fsp3) is 0.533. The molecule has 1 atom stereocenters. The number of carbonyl (C=O) groups is 1. The van der Waals surface area contributed by atoms with E-state index in [2.05, 4.69) is 9.62 Å². The average molecular weight is 326 g/mol. The molecular weight excluding hydrogens is 304 g/mol. The number of esters is 1. The van der Waals surface area contributed by atoms with Crippen molar-refractivity contribution in [3.05, 3.63) is 35.4 Å². The molecule has 0 radical (unpaired) electrons. The molecule has 122 valence electrons. The summed E-state index contributed by atoms with van der Waals surface area (Å²) >= 11 is 0. The first-order chi connectivity index (χ1) is 10.5. The molecule has 0 bridgehead atoms. The highest BCUT2D eigenvalue weighted by molar-refractivity contribution is 7.90. The van der Waals surface area contributed by atoms with E-state index in [0.717, 1.165) is 5.56 Å². The minimum atomic E-state index is -3.25. The Bertz CT molecular complexity index is 630. The van der Waals surface area contributed by atoms with Crippen molar-refractivity contribution in [2.24, 2.45) is 0 Å². The molecule has 6 nitrogen and oxygen atoms in total. The van der Waals surface area contributed by atoms with Gasteiger partial charge in [0.05, 0.1) is 17.9 Å². The van der Waals surface area contributed by atoms with Crippen LogP contribution in [-0.4, -0.2) is 51.3 Å². The minimum absolute atomic E-state index is 0.369. The van der Waals surface area contributed by atoms with Gasteiger partial charge in [-0.2, -0.15) is 0 Å². The van der Waals surface area contributed by atoms with E-state index in [0.29, 0.717) is 38.2 Å². The van der Waals surface area contributed by atoms with E-state index in [1.165, 1.54) is 7.11 Å². The molecule has 22 heavy (non-hydrogen) atoms. The summed E-state index contributed by atoms with van der Waals surface area (Å²) in [5, 5.41) is -0.391. The van der Waals surface area contributed by atoms with Gasteiger partial charge in [-0.15, -0.1) is 0 Å². The first-order valence-electron chi connectivity index (χ1n) is 7.35. The van der Waals surface area contributed by atoms with Gasteiger partial charge >= 0.3 is 5.97 Å². The van der Waals surface area contributed by atoms with Gasteiger partial charge in [0.1, 0.15) is 0 Å². The fourth-order valence-electron chi connectivity index (χ4n) is 2.72. The van der Waals surface area contributed by atoms with Crippen LogP contribution in [0.3, 0.4) is 0 Å². The van der Waals surface area contributed by atoms with Crippen molar-refractivity contribution < 1.29 is 17.9 Å². The van der Waals surface area contributed by atoms with Crippen LogP contribution in [0.4, 0.5) is 0 Å². The number of benzene rings is 1. The van der Waals surface area contributed by atoms with Crippen LogP contribution >= 0.6 is 0 Å². The van der Waals surface area contributed by atoms with Gasteiger partial charge in [-0.25, -0.2) is 17.9 Å². The zero-order valence-electron chi connectivity index (χ0n) is 12.9. The molecule has 1 heterocycles. The molecule has 0 unspecified atom stereocenters. The van der Waals surface area contributed by atoms with Gasteiger partial charge in [0.25, 0.3) is 0 Å². The van der Waals surface area contributed by atoms with Crippen molar-refractivity contribution in [3.63, 3.8) is 0 Å². The molecule has 0 saturated carbocycles. The SMILES string of the molecule is CCNS(=O)(=O)[C@@H]1CCN(Cc2ccccc2C(=O)OC)C1. The van der Waals surface area contributed by atoms with Crippen molar-refractivity contribution in [1.82, 2.24) is 9.62 Å². The summed E-state index contributed by atoms with van der Waals surface area (Å²) < 4.78 is 31.4. The van der Waals surface area contributed by atoms with Gasteiger partial charge in [-0.05, 0) is 24.6 Å². The Kier molecular flexibility index (Phi) is 5.55. The third kappa shape index (κ3) is 3.85. The number of sulfonamides is 1. The average Bonchev–Trinajstić information content (AvgIpc) is 2.96. The number of likely N-dealkylation sites (tertiary alicyclic amines) is 1. The Hall–Kier alpha value is -1.44. The summed E-state index contributed by atoms with van der Waals surface area (Å²) in [6, 6.07) is 7.26. The third-order valence-corrected chi connectivity index (χ3v) is 5.78. The number of rotatable bonds is 6. The first-order valence-corrected chi connectivity index (χ1v) is 8.89. The van der Waals surface area contributed by atoms with Crippen LogP contribution in [0.15, 0.2) is 24.3 Å². The number of hydrogen-bond donors (Lipinski definition) is 1. The van der Waals surface area contributed by atoms with Gasteiger partial charge in [-0.3, -0.25) is 4.90 Å². The van der Waals surface area contributed by atoms with Gasteiger partial charge < -0.3 is 4.74 Å². The van der Waals surface area contributed by atoms with E-state index in [1.54, 1.807) is 19.1 Å². The second-order valence-corrected chi connectivity index (χ2v) is 7.38. The molecule has 1 fully saturated rings. The van der Waals surface area contributed by atoms with Crippen LogP contribution in [0.2, 0.25) is 0 Å². The van der Waals surface area contributed by atoms with Crippen molar-refractivity contribution in [1.29, 1.82) is 0 Å². The maximum atomic E-state index is 12.0. The van der Waals surface area contributed by atoms with Crippen LogP contribution < -0.4 is 4.72 Å². The normalized spacial score (nSPS) is 19.3. The van der Waals surface area contributed by atoms with E-state index in [1.807, 2.05) is 12.1 Å². The van der Waals surface area contributed by atoms with Gasteiger partial charge in [0.15, 0.2) is 0 Å². The molecule has 1 N–H and O–H groups in total. The van der Waals surface area contributed by atoms with E-state index < -0.39 is 15.3 Å². The Morgan fingerprint density at radius 2 is 2.14 bits per heavy atom. The Labute approximate surface area is 131 Å². The molecule has 1 aliphatic heterocycles. The summed E-state index contributed by atoms with van der Waals surface area (Å²) in [5.41, 5.74) is 1.39.